The summed E-state index contributed by atoms with van der Waals surface area (Å²) in [6.45, 7) is 3.40. The van der Waals surface area contributed by atoms with Crippen LogP contribution in [0.3, 0.4) is 0 Å². The lowest BCUT2D eigenvalue weighted by atomic mass is 10.2. The van der Waals surface area contributed by atoms with Crippen LogP contribution in [-0.2, 0) is 28.7 Å². The summed E-state index contributed by atoms with van der Waals surface area (Å²) >= 11 is 0. The van der Waals surface area contributed by atoms with Crippen molar-refractivity contribution >= 4 is 40.8 Å². The molecule has 1 aromatic rings. The summed E-state index contributed by atoms with van der Waals surface area (Å²) in [7, 11) is 0. The quantitative estimate of drug-likeness (QED) is 0.281. The summed E-state index contributed by atoms with van der Waals surface area (Å²) in [6, 6.07) is 3.51. The number of carbonyl (C=O) groups is 4. The lowest BCUT2D eigenvalue weighted by molar-refractivity contribution is -0.383. The number of nitrogens with zero attached hydrogens (tertiary/aromatic N) is 1. The van der Waals surface area contributed by atoms with Gasteiger partial charge in [-0.25, -0.2) is 0 Å². The molecule has 0 saturated carbocycles. The molecule has 11 nitrogen and oxygen atoms in total. The highest BCUT2D eigenvalue weighted by atomic mass is 16.6. The average Bonchev–Trinajstić information content (AvgIpc) is 2.56. The molecule has 0 aliphatic rings. The van der Waals surface area contributed by atoms with E-state index in [0.29, 0.717) is 0 Å². The van der Waals surface area contributed by atoms with Gasteiger partial charge >= 0.3 is 11.9 Å². The highest BCUT2D eigenvalue weighted by Gasteiger charge is 2.20. The molecule has 0 saturated heterocycles. The van der Waals surface area contributed by atoms with E-state index in [-0.39, 0.29) is 24.6 Å². The van der Waals surface area contributed by atoms with Crippen LogP contribution in [0.25, 0.3) is 0 Å². The van der Waals surface area contributed by atoms with Crippen LogP contribution in [-0.4, -0.2) is 41.9 Å². The van der Waals surface area contributed by atoms with Crippen molar-refractivity contribution in [1.82, 2.24) is 0 Å². The summed E-state index contributed by atoms with van der Waals surface area (Å²) in [4.78, 5) is 56.4. The molecule has 11 heteroatoms. The number of ether oxygens (including phenoxy) is 2. The maximum atomic E-state index is 11.8. The topological polar surface area (TPSA) is 154 Å². The Hall–Kier alpha value is -3.50. The smallest absolute Gasteiger partial charge is 0.315 e. The Balaban J connectivity index is 2.84. The van der Waals surface area contributed by atoms with E-state index in [9.17, 15) is 29.3 Å². The number of benzene rings is 1. The van der Waals surface area contributed by atoms with Crippen LogP contribution in [0, 0.1) is 10.1 Å². The van der Waals surface area contributed by atoms with Crippen LogP contribution in [0.4, 0.5) is 17.1 Å². The Morgan fingerprint density at radius 2 is 1.48 bits per heavy atom. The molecule has 146 valence electrons. The molecule has 0 fully saturated rings. The van der Waals surface area contributed by atoms with E-state index in [1.165, 1.54) is 12.1 Å². The third-order valence-electron chi connectivity index (χ3n) is 2.97. The van der Waals surface area contributed by atoms with Crippen molar-refractivity contribution in [2.75, 3.05) is 23.8 Å². The first-order valence-electron chi connectivity index (χ1n) is 7.96. The zero-order valence-corrected chi connectivity index (χ0v) is 14.8. The summed E-state index contributed by atoms with van der Waals surface area (Å²) in [5.74, 6) is -2.98. The average molecular weight is 381 g/mol. The SMILES string of the molecule is CCOC(=O)CC(=O)Nc1ccc(NC(=O)CC(=O)OCC)c([N+](=O)[O-])c1. The predicted octanol–water partition coefficient (Wildman–Crippen LogP) is 1.38. The zero-order chi connectivity index (χ0) is 20.4. The zero-order valence-electron chi connectivity index (χ0n) is 14.8. The van der Waals surface area contributed by atoms with E-state index in [0.717, 1.165) is 6.07 Å². The normalized spacial score (nSPS) is 9.85. The molecule has 0 unspecified atom stereocenters. The first kappa shape index (κ1) is 21.5. The van der Waals surface area contributed by atoms with Gasteiger partial charge < -0.3 is 20.1 Å². The molecule has 1 aromatic carbocycles. The standard InChI is InChI=1S/C16H19N3O8/c1-3-26-15(22)8-13(20)17-10-5-6-11(12(7-10)19(24)25)18-14(21)9-16(23)27-4-2/h5-7H,3-4,8-9H2,1-2H3,(H,17,20)(H,18,21). The van der Waals surface area contributed by atoms with Crippen LogP contribution >= 0.6 is 0 Å². The molecule has 0 aliphatic heterocycles. The van der Waals surface area contributed by atoms with Crippen molar-refractivity contribution < 1.29 is 33.6 Å². The van der Waals surface area contributed by atoms with Crippen LogP contribution < -0.4 is 10.6 Å². The fourth-order valence-corrected chi connectivity index (χ4v) is 1.95. The van der Waals surface area contributed by atoms with Gasteiger partial charge in [-0.3, -0.25) is 29.3 Å². The Kier molecular flexibility index (Phi) is 8.36. The summed E-state index contributed by atoms with van der Waals surface area (Å²) in [5.41, 5.74) is -0.599. The first-order chi connectivity index (χ1) is 12.8. The number of anilines is 2. The first-order valence-corrected chi connectivity index (χ1v) is 7.96. The molecular weight excluding hydrogens is 362 g/mol. The van der Waals surface area contributed by atoms with Gasteiger partial charge in [-0.1, -0.05) is 0 Å². The number of carbonyl (C=O) groups excluding carboxylic acids is 4. The summed E-state index contributed by atoms with van der Waals surface area (Å²) < 4.78 is 9.25. The maximum Gasteiger partial charge on any atom is 0.315 e. The van der Waals surface area contributed by atoms with Crippen LogP contribution in [0.2, 0.25) is 0 Å². The minimum Gasteiger partial charge on any atom is -0.466 e. The number of hydrogen-bond donors (Lipinski definition) is 2. The molecule has 1 rings (SSSR count). The second-order valence-electron chi connectivity index (χ2n) is 5.05. The molecule has 2 N–H and O–H groups in total. The highest BCUT2D eigenvalue weighted by Crippen LogP contribution is 2.28. The molecule has 0 radical (unpaired) electrons. The van der Waals surface area contributed by atoms with Gasteiger partial charge in [0.2, 0.25) is 11.8 Å². The van der Waals surface area contributed by atoms with Gasteiger partial charge in [0.15, 0.2) is 0 Å². The Labute approximate surface area is 154 Å². The number of rotatable bonds is 9. The molecule has 0 aliphatic carbocycles. The summed E-state index contributed by atoms with van der Waals surface area (Å²) in [6.07, 6.45) is -1.14. The minimum absolute atomic E-state index is 0.0550. The predicted molar refractivity (Wildman–Crippen MR) is 92.9 cm³/mol. The van der Waals surface area contributed by atoms with E-state index in [1.54, 1.807) is 13.8 Å². The number of amides is 2. The lowest BCUT2D eigenvalue weighted by Crippen LogP contribution is -2.19. The number of esters is 2. The number of nitro benzene ring substituents is 1. The van der Waals surface area contributed by atoms with Gasteiger partial charge in [-0.2, -0.15) is 0 Å². The van der Waals surface area contributed by atoms with Gasteiger partial charge in [0.25, 0.3) is 5.69 Å². The van der Waals surface area contributed by atoms with Crippen molar-refractivity contribution in [2.24, 2.45) is 0 Å². The molecule has 0 aromatic heterocycles. The second kappa shape index (κ2) is 10.5. The van der Waals surface area contributed by atoms with Crippen LogP contribution in [0.1, 0.15) is 26.7 Å². The van der Waals surface area contributed by atoms with E-state index >= 15 is 0 Å². The minimum atomic E-state index is -0.782. The van der Waals surface area contributed by atoms with E-state index < -0.39 is 47.2 Å². The summed E-state index contributed by atoms with van der Waals surface area (Å²) in [5, 5.41) is 15.8. The number of nitro groups is 1. The highest BCUT2D eigenvalue weighted by molar-refractivity contribution is 6.04. The van der Waals surface area contributed by atoms with Crippen molar-refractivity contribution in [3.63, 3.8) is 0 Å². The molecule has 27 heavy (non-hydrogen) atoms. The Bertz CT molecular complexity index is 747. The van der Waals surface area contributed by atoms with E-state index in [4.69, 9.17) is 0 Å². The van der Waals surface area contributed by atoms with E-state index in [2.05, 4.69) is 20.1 Å². The van der Waals surface area contributed by atoms with Crippen molar-refractivity contribution in [2.45, 2.75) is 26.7 Å². The molecular formula is C16H19N3O8. The van der Waals surface area contributed by atoms with Crippen LogP contribution in [0.15, 0.2) is 18.2 Å². The number of hydrogen-bond acceptors (Lipinski definition) is 8. The largest absolute Gasteiger partial charge is 0.466 e. The third-order valence-corrected chi connectivity index (χ3v) is 2.97. The third kappa shape index (κ3) is 7.50. The molecule has 0 spiro atoms. The Morgan fingerprint density at radius 1 is 0.963 bits per heavy atom. The fourth-order valence-electron chi connectivity index (χ4n) is 1.95. The fraction of sp³-hybridized carbons (Fsp3) is 0.375. The number of nitrogens with one attached hydrogen (secondary N) is 2. The van der Waals surface area contributed by atoms with Crippen molar-refractivity contribution in [1.29, 1.82) is 0 Å². The molecule has 2 amide bonds. The van der Waals surface area contributed by atoms with Gasteiger partial charge in [-0.15, -0.1) is 0 Å². The van der Waals surface area contributed by atoms with Gasteiger partial charge in [0.05, 0.1) is 18.1 Å². The van der Waals surface area contributed by atoms with Gasteiger partial charge in [-0.05, 0) is 26.0 Å². The van der Waals surface area contributed by atoms with Crippen molar-refractivity contribution in [3.05, 3.63) is 28.3 Å². The van der Waals surface area contributed by atoms with Crippen molar-refractivity contribution in [3.8, 4) is 0 Å². The Morgan fingerprint density at radius 3 is 1.96 bits per heavy atom. The second-order valence-corrected chi connectivity index (χ2v) is 5.05. The molecule has 0 atom stereocenters. The van der Waals surface area contributed by atoms with E-state index in [1.807, 2.05) is 0 Å². The van der Waals surface area contributed by atoms with Gasteiger partial charge in [0, 0.05) is 11.8 Å². The van der Waals surface area contributed by atoms with Gasteiger partial charge in [0.1, 0.15) is 18.5 Å². The molecule has 0 heterocycles. The monoisotopic (exact) mass is 381 g/mol. The molecule has 0 bridgehead atoms. The lowest BCUT2D eigenvalue weighted by Gasteiger charge is -2.09. The van der Waals surface area contributed by atoms with Crippen LogP contribution in [0.5, 0.6) is 0 Å². The maximum absolute atomic E-state index is 11.8.